The Balaban J connectivity index is 1.88. The van der Waals surface area contributed by atoms with E-state index < -0.39 is 11.8 Å². The molecular formula is C24H30N4O5. The van der Waals surface area contributed by atoms with E-state index in [0.717, 1.165) is 18.4 Å². The molecular weight excluding hydrogens is 424 g/mol. The number of unbranched alkanes of at least 4 members (excludes halogenated alkanes) is 1. The summed E-state index contributed by atoms with van der Waals surface area (Å²) in [5.41, 5.74) is 3.80. The van der Waals surface area contributed by atoms with Gasteiger partial charge in [0.25, 0.3) is 5.91 Å². The molecule has 33 heavy (non-hydrogen) atoms. The Hall–Kier alpha value is -3.88. The Kier molecular flexibility index (Phi) is 10.9. The third kappa shape index (κ3) is 9.42. The van der Waals surface area contributed by atoms with E-state index in [1.165, 1.54) is 6.21 Å². The van der Waals surface area contributed by atoms with Crippen LogP contribution in [0.4, 0.5) is 0 Å². The minimum absolute atomic E-state index is 0.163. The number of carbonyl (C=O) groups is 3. The van der Waals surface area contributed by atoms with Gasteiger partial charge in [0.15, 0.2) is 18.1 Å². The molecule has 0 aliphatic rings. The summed E-state index contributed by atoms with van der Waals surface area (Å²) in [6.07, 6.45) is 3.10. The van der Waals surface area contributed by atoms with Crippen molar-refractivity contribution < 1.29 is 23.9 Å². The lowest BCUT2D eigenvalue weighted by Crippen LogP contribution is -2.38. The first kappa shape index (κ1) is 25.4. The number of ether oxygens (including phenoxy) is 2. The van der Waals surface area contributed by atoms with Crippen LogP contribution in [0, 0.1) is 0 Å². The predicted octanol–water partition coefficient (Wildman–Crippen LogP) is 2.15. The summed E-state index contributed by atoms with van der Waals surface area (Å²) in [6, 6.07) is 14.6. The smallest absolute Gasteiger partial charge is 0.329 e. The summed E-state index contributed by atoms with van der Waals surface area (Å²) in [4.78, 5) is 35.5. The van der Waals surface area contributed by atoms with Crippen LogP contribution < -0.4 is 25.5 Å². The molecule has 0 saturated carbocycles. The van der Waals surface area contributed by atoms with Gasteiger partial charge in [-0.15, -0.1) is 0 Å². The number of hydrogen-bond donors (Lipinski definition) is 3. The van der Waals surface area contributed by atoms with Gasteiger partial charge < -0.3 is 20.1 Å². The first-order valence-corrected chi connectivity index (χ1v) is 10.8. The normalized spacial score (nSPS) is 10.5. The van der Waals surface area contributed by atoms with Gasteiger partial charge in [0.1, 0.15) is 0 Å². The summed E-state index contributed by atoms with van der Waals surface area (Å²) < 4.78 is 11.2. The van der Waals surface area contributed by atoms with Crippen molar-refractivity contribution in [2.75, 3.05) is 19.8 Å². The van der Waals surface area contributed by atoms with Crippen LogP contribution in [0.3, 0.4) is 0 Å². The highest BCUT2D eigenvalue weighted by Gasteiger charge is 2.12. The zero-order chi connectivity index (χ0) is 23.9. The molecule has 0 aliphatic carbocycles. The van der Waals surface area contributed by atoms with Crippen LogP contribution in [0.5, 0.6) is 11.5 Å². The van der Waals surface area contributed by atoms with Crippen molar-refractivity contribution >= 4 is 23.9 Å². The molecule has 2 rings (SSSR count). The third-order valence-corrected chi connectivity index (χ3v) is 4.36. The van der Waals surface area contributed by atoms with Gasteiger partial charge in [-0.25, -0.2) is 5.43 Å². The molecule has 2 aromatic carbocycles. The van der Waals surface area contributed by atoms with E-state index >= 15 is 0 Å². The molecule has 9 nitrogen and oxygen atoms in total. The van der Waals surface area contributed by atoms with Crippen molar-refractivity contribution in [3.8, 4) is 11.5 Å². The van der Waals surface area contributed by atoms with E-state index in [1.807, 2.05) is 44.2 Å². The lowest BCUT2D eigenvalue weighted by Gasteiger charge is -2.12. The van der Waals surface area contributed by atoms with Crippen molar-refractivity contribution in [1.29, 1.82) is 0 Å². The van der Waals surface area contributed by atoms with Gasteiger partial charge in [0.05, 0.1) is 12.8 Å². The van der Waals surface area contributed by atoms with Crippen molar-refractivity contribution in [2.45, 2.75) is 33.2 Å². The molecule has 3 amide bonds. The topological polar surface area (TPSA) is 118 Å². The lowest BCUT2D eigenvalue weighted by molar-refractivity contribution is -0.139. The van der Waals surface area contributed by atoms with Crippen LogP contribution in [0.25, 0.3) is 0 Å². The SMILES string of the molecule is CCCCNC(=O)C(=O)N/N=C\c1ccc(OCC(=O)NCc2ccccc2)c(OCC)c1. The maximum Gasteiger partial charge on any atom is 0.329 e. The second-order valence-electron chi connectivity index (χ2n) is 7.00. The summed E-state index contributed by atoms with van der Waals surface area (Å²) in [6.45, 7) is 4.91. The molecule has 0 fully saturated rings. The number of benzene rings is 2. The maximum absolute atomic E-state index is 12.1. The summed E-state index contributed by atoms with van der Waals surface area (Å²) in [5, 5.41) is 9.11. The second-order valence-corrected chi connectivity index (χ2v) is 7.00. The van der Waals surface area contributed by atoms with Gasteiger partial charge in [-0.1, -0.05) is 43.7 Å². The first-order chi connectivity index (χ1) is 16.0. The molecule has 0 aromatic heterocycles. The molecule has 0 saturated heterocycles. The summed E-state index contributed by atoms with van der Waals surface area (Å²) in [5.74, 6) is -0.991. The standard InChI is InChI=1S/C24H30N4O5/c1-3-5-13-25-23(30)24(31)28-27-16-19-11-12-20(21(14-19)32-4-2)33-17-22(29)26-15-18-9-7-6-8-10-18/h6-12,14,16H,3-5,13,15,17H2,1-2H3,(H,25,30)(H,26,29)(H,28,31)/b27-16-. The van der Waals surface area contributed by atoms with Gasteiger partial charge in [-0.3, -0.25) is 14.4 Å². The number of rotatable bonds is 12. The Labute approximate surface area is 193 Å². The van der Waals surface area contributed by atoms with E-state index in [2.05, 4.69) is 21.2 Å². The molecule has 0 atom stereocenters. The fourth-order valence-electron chi connectivity index (χ4n) is 2.66. The Morgan fingerprint density at radius 3 is 2.45 bits per heavy atom. The van der Waals surface area contributed by atoms with Crippen LogP contribution in [0.2, 0.25) is 0 Å². The zero-order valence-corrected chi connectivity index (χ0v) is 18.9. The van der Waals surface area contributed by atoms with E-state index in [9.17, 15) is 14.4 Å². The highest BCUT2D eigenvalue weighted by atomic mass is 16.5. The molecule has 176 valence electrons. The van der Waals surface area contributed by atoms with Crippen LogP contribution in [0.15, 0.2) is 53.6 Å². The number of hydrazone groups is 1. The molecule has 9 heteroatoms. The van der Waals surface area contributed by atoms with Crippen LogP contribution in [-0.4, -0.2) is 43.7 Å². The third-order valence-electron chi connectivity index (χ3n) is 4.36. The summed E-state index contributed by atoms with van der Waals surface area (Å²) >= 11 is 0. The van der Waals surface area contributed by atoms with E-state index in [1.54, 1.807) is 18.2 Å². The fraction of sp³-hybridized carbons (Fsp3) is 0.333. The molecule has 0 spiro atoms. The van der Waals surface area contributed by atoms with Crippen molar-refractivity contribution in [1.82, 2.24) is 16.1 Å². The molecule has 0 heterocycles. The molecule has 0 bridgehead atoms. The van der Waals surface area contributed by atoms with E-state index in [0.29, 0.717) is 36.8 Å². The number of amides is 3. The van der Waals surface area contributed by atoms with Crippen LogP contribution in [-0.2, 0) is 20.9 Å². The van der Waals surface area contributed by atoms with E-state index in [-0.39, 0.29) is 12.5 Å². The Morgan fingerprint density at radius 2 is 1.73 bits per heavy atom. The molecule has 0 unspecified atom stereocenters. The average molecular weight is 455 g/mol. The van der Waals surface area contributed by atoms with E-state index in [4.69, 9.17) is 9.47 Å². The quantitative estimate of drug-likeness (QED) is 0.197. The monoisotopic (exact) mass is 454 g/mol. The predicted molar refractivity (Wildman–Crippen MR) is 125 cm³/mol. The van der Waals surface area contributed by atoms with Gasteiger partial charge in [-0.2, -0.15) is 5.10 Å². The summed E-state index contributed by atoms with van der Waals surface area (Å²) in [7, 11) is 0. The van der Waals surface area contributed by atoms with Crippen LogP contribution in [0.1, 0.15) is 37.8 Å². The first-order valence-electron chi connectivity index (χ1n) is 10.8. The van der Waals surface area contributed by atoms with Gasteiger partial charge in [0.2, 0.25) is 0 Å². The van der Waals surface area contributed by atoms with Crippen molar-refractivity contribution in [2.24, 2.45) is 5.10 Å². The minimum Gasteiger partial charge on any atom is -0.490 e. The van der Waals surface area contributed by atoms with Crippen molar-refractivity contribution in [3.05, 3.63) is 59.7 Å². The number of hydrogen-bond acceptors (Lipinski definition) is 6. The molecule has 3 N–H and O–H groups in total. The highest BCUT2D eigenvalue weighted by molar-refractivity contribution is 6.35. The number of nitrogens with one attached hydrogen (secondary N) is 3. The largest absolute Gasteiger partial charge is 0.490 e. The van der Waals surface area contributed by atoms with Gasteiger partial charge in [-0.05, 0) is 42.7 Å². The van der Waals surface area contributed by atoms with Gasteiger partial charge >= 0.3 is 11.8 Å². The minimum atomic E-state index is -0.839. The average Bonchev–Trinajstić information content (AvgIpc) is 2.83. The lowest BCUT2D eigenvalue weighted by atomic mass is 10.2. The number of carbonyl (C=O) groups excluding carboxylic acids is 3. The maximum atomic E-state index is 12.1. The van der Waals surface area contributed by atoms with Gasteiger partial charge in [0, 0.05) is 13.1 Å². The molecule has 0 aliphatic heterocycles. The molecule has 0 radical (unpaired) electrons. The van der Waals surface area contributed by atoms with Crippen molar-refractivity contribution in [3.63, 3.8) is 0 Å². The highest BCUT2D eigenvalue weighted by Crippen LogP contribution is 2.28. The number of nitrogens with zero attached hydrogens (tertiary/aromatic N) is 1. The second kappa shape index (κ2) is 14.2. The fourth-order valence-corrected chi connectivity index (χ4v) is 2.66. The van der Waals surface area contributed by atoms with Crippen LogP contribution >= 0.6 is 0 Å². The zero-order valence-electron chi connectivity index (χ0n) is 18.9. The molecule has 2 aromatic rings. The Bertz CT molecular complexity index is 947. The Morgan fingerprint density at radius 1 is 0.939 bits per heavy atom.